The number of hydrogen-bond acceptors (Lipinski definition) is 2. The fraction of sp³-hybridized carbons (Fsp3) is 0.500. The Hall–Kier alpha value is -0.750. The molecule has 1 aromatic rings. The second-order valence-electron chi connectivity index (χ2n) is 4.31. The maximum atomic E-state index is 6.10. The van der Waals surface area contributed by atoms with Crippen LogP contribution in [0.5, 0.6) is 11.5 Å². The van der Waals surface area contributed by atoms with Gasteiger partial charge in [0.25, 0.3) is 0 Å². The molecular weight excluding hydrogens is 207 g/mol. The van der Waals surface area contributed by atoms with Gasteiger partial charge in [-0.3, -0.25) is 0 Å². The van der Waals surface area contributed by atoms with Gasteiger partial charge in [-0.25, -0.2) is 0 Å². The van der Waals surface area contributed by atoms with Crippen molar-refractivity contribution in [2.45, 2.75) is 25.7 Å². The highest BCUT2D eigenvalue weighted by molar-refractivity contribution is 7.67. The number of rotatable bonds is 0. The monoisotopic (exact) mass is 223 g/mol. The van der Waals surface area contributed by atoms with Crippen LogP contribution in [0, 0.1) is 0 Å². The van der Waals surface area contributed by atoms with Crippen molar-refractivity contribution in [2.75, 3.05) is 12.3 Å². The van der Waals surface area contributed by atoms with Gasteiger partial charge >= 0.3 is 7.72 Å². The zero-order valence-electron chi connectivity index (χ0n) is 8.82. The van der Waals surface area contributed by atoms with Crippen LogP contribution in [0.1, 0.15) is 25.7 Å². The first-order valence-corrected chi connectivity index (χ1v) is 7.73. The summed E-state index contributed by atoms with van der Waals surface area (Å²) in [6.45, 7) is 0. The van der Waals surface area contributed by atoms with E-state index in [1.54, 1.807) is 0 Å². The molecule has 0 saturated carbocycles. The fourth-order valence-corrected chi connectivity index (χ4v) is 5.39. The van der Waals surface area contributed by atoms with Crippen molar-refractivity contribution in [3.05, 3.63) is 24.3 Å². The standard InChI is InChI=1S/C12H16O2P/c1-2-6-10-15(9-5-1)13-11-7-3-4-8-12(11)14-15/h3-4,7-8H,1-2,5-6,9-10H2/q+1. The molecule has 1 saturated heterocycles. The second-order valence-corrected chi connectivity index (χ2v) is 7.19. The van der Waals surface area contributed by atoms with Gasteiger partial charge in [0, 0.05) is 0 Å². The van der Waals surface area contributed by atoms with Crippen molar-refractivity contribution in [1.82, 2.24) is 0 Å². The van der Waals surface area contributed by atoms with Gasteiger partial charge < -0.3 is 9.05 Å². The van der Waals surface area contributed by atoms with Gasteiger partial charge in [0.2, 0.25) is 11.5 Å². The Morgan fingerprint density at radius 3 is 1.87 bits per heavy atom. The lowest BCUT2D eigenvalue weighted by Crippen LogP contribution is -2.09. The van der Waals surface area contributed by atoms with E-state index in [9.17, 15) is 0 Å². The number of fused-ring (bicyclic) bond motifs is 1. The molecule has 0 aromatic heterocycles. The Bertz CT molecular complexity index is 329. The molecule has 1 spiro atoms. The fourth-order valence-electron chi connectivity index (χ4n) is 2.33. The molecule has 1 aromatic carbocycles. The molecule has 2 aliphatic rings. The van der Waals surface area contributed by atoms with E-state index >= 15 is 0 Å². The molecule has 80 valence electrons. The van der Waals surface area contributed by atoms with Crippen LogP contribution >= 0.6 is 7.72 Å². The van der Waals surface area contributed by atoms with Crippen LogP contribution in [-0.4, -0.2) is 12.3 Å². The van der Waals surface area contributed by atoms with Gasteiger partial charge in [-0.15, -0.1) is 0 Å². The summed E-state index contributed by atoms with van der Waals surface area (Å²) in [5.74, 6) is 1.93. The van der Waals surface area contributed by atoms with Crippen LogP contribution in [0.2, 0.25) is 0 Å². The highest BCUT2D eigenvalue weighted by Gasteiger charge is 2.50. The van der Waals surface area contributed by atoms with Gasteiger partial charge in [0.15, 0.2) is 0 Å². The van der Waals surface area contributed by atoms with Crippen molar-refractivity contribution >= 4 is 7.72 Å². The molecule has 0 amide bonds. The van der Waals surface area contributed by atoms with Crippen molar-refractivity contribution in [1.29, 1.82) is 0 Å². The lowest BCUT2D eigenvalue weighted by molar-refractivity contribution is 0.536. The van der Waals surface area contributed by atoms with E-state index in [4.69, 9.17) is 9.05 Å². The highest BCUT2D eigenvalue weighted by Crippen LogP contribution is 2.68. The van der Waals surface area contributed by atoms with E-state index in [-0.39, 0.29) is 0 Å². The summed E-state index contributed by atoms with van der Waals surface area (Å²) in [6, 6.07) is 8.08. The molecule has 15 heavy (non-hydrogen) atoms. The zero-order chi connectivity index (χ0) is 10.1. The minimum absolute atomic E-state index is 0.965. The molecule has 1 fully saturated rings. The Morgan fingerprint density at radius 1 is 0.800 bits per heavy atom. The lowest BCUT2D eigenvalue weighted by Gasteiger charge is -2.14. The van der Waals surface area contributed by atoms with Crippen LogP contribution in [-0.2, 0) is 0 Å². The second kappa shape index (κ2) is 3.68. The Balaban J connectivity index is 1.86. The Labute approximate surface area is 91.1 Å². The molecule has 0 radical (unpaired) electrons. The maximum Gasteiger partial charge on any atom is 0.364 e. The first kappa shape index (κ1) is 9.47. The summed E-state index contributed by atoms with van der Waals surface area (Å²) < 4.78 is 12.2. The quantitative estimate of drug-likeness (QED) is 0.621. The third-order valence-corrected chi connectivity index (χ3v) is 6.18. The SMILES string of the molecule is c1ccc2c(c1)O[P+]1(CCCCCC1)O2. The van der Waals surface area contributed by atoms with Gasteiger partial charge in [-0.1, -0.05) is 12.1 Å². The summed E-state index contributed by atoms with van der Waals surface area (Å²) in [4.78, 5) is 0. The van der Waals surface area contributed by atoms with Gasteiger partial charge in [0.1, 0.15) is 12.3 Å². The first-order valence-electron chi connectivity index (χ1n) is 5.73. The van der Waals surface area contributed by atoms with Crippen molar-refractivity contribution in [3.8, 4) is 11.5 Å². The van der Waals surface area contributed by atoms with Crippen LogP contribution < -0.4 is 9.05 Å². The predicted octanol–water partition coefficient (Wildman–Crippen LogP) is 3.88. The molecule has 0 atom stereocenters. The van der Waals surface area contributed by atoms with Gasteiger partial charge in [-0.05, 0) is 37.8 Å². The summed E-state index contributed by atoms with van der Waals surface area (Å²) >= 11 is 0. The molecule has 2 heterocycles. The van der Waals surface area contributed by atoms with Crippen LogP contribution in [0.25, 0.3) is 0 Å². The Kier molecular flexibility index (Phi) is 2.32. The van der Waals surface area contributed by atoms with Crippen LogP contribution in [0.4, 0.5) is 0 Å². The van der Waals surface area contributed by atoms with Crippen molar-refractivity contribution < 1.29 is 9.05 Å². The van der Waals surface area contributed by atoms with Gasteiger partial charge in [0.05, 0.1) is 0 Å². The van der Waals surface area contributed by atoms with E-state index in [0.29, 0.717) is 0 Å². The average molecular weight is 223 g/mol. The van der Waals surface area contributed by atoms with Crippen LogP contribution in [0.15, 0.2) is 24.3 Å². The smallest absolute Gasteiger partial charge is 0.306 e. The first-order chi connectivity index (χ1) is 7.38. The molecule has 3 heteroatoms. The van der Waals surface area contributed by atoms with Crippen molar-refractivity contribution in [2.24, 2.45) is 0 Å². The summed E-state index contributed by atoms with van der Waals surface area (Å²) in [5.41, 5.74) is 0. The molecule has 0 unspecified atom stereocenters. The molecule has 2 nitrogen and oxygen atoms in total. The van der Waals surface area contributed by atoms with E-state index in [2.05, 4.69) is 0 Å². The molecule has 0 N–H and O–H groups in total. The maximum absolute atomic E-state index is 6.10. The van der Waals surface area contributed by atoms with Crippen molar-refractivity contribution in [3.63, 3.8) is 0 Å². The van der Waals surface area contributed by atoms with E-state index in [1.165, 1.54) is 25.7 Å². The zero-order valence-corrected chi connectivity index (χ0v) is 9.71. The van der Waals surface area contributed by atoms with E-state index < -0.39 is 7.72 Å². The normalized spacial score (nSPS) is 22.7. The number of para-hydroxylation sites is 2. The number of hydrogen-bond donors (Lipinski definition) is 0. The van der Waals surface area contributed by atoms with Gasteiger partial charge in [-0.2, -0.15) is 0 Å². The minimum Gasteiger partial charge on any atom is -0.306 e. The predicted molar refractivity (Wildman–Crippen MR) is 62.8 cm³/mol. The largest absolute Gasteiger partial charge is 0.364 e. The molecule has 2 aliphatic heterocycles. The topological polar surface area (TPSA) is 18.5 Å². The Morgan fingerprint density at radius 2 is 1.33 bits per heavy atom. The summed E-state index contributed by atoms with van der Waals surface area (Å²) in [5, 5.41) is 0. The lowest BCUT2D eigenvalue weighted by atomic mass is 10.2. The molecule has 0 bridgehead atoms. The molecular formula is C12H16O2P+. The minimum atomic E-state index is -1.57. The summed E-state index contributed by atoms with van der Waals surface area (Å²) in [7, 11) is -1.57. The highest BCUT2D eigenvalue weighted by atomic mass is 31.2. The van der Waals surface area contributed by atoms with Crippen LogP contribution in [0.3, 0.4) is 0 Å². The van der Waals surface area contributed by atoms with E-state index in [1.807, 2.05) is 24.3 Å². The van der Waals surface area contributed by atoms with E-state index in [0.717, 1.165) is 23.8 Å². The third-order valence-electron chi connectivity index (χ3n) is 3.13. The average Bonchev–Trinajstić information content (AvgIpc) is 2.45. The molecule has 3 rings (SSSR count). The number of benzene rings is 1. The molecule has 0 aliphatic carbocycles. The third kappa shape index (κ3) is 1.72. The summed E-state index contributed by atoms with van der Waals surface area (Å²) in [6.07, 6.45) is 7.49.